The summed E-state index contributed by atoms with van der Waals surface area (Å²) in [6.45, 7) is 12.3. The lowest BCUT2D eigenvalue weighted by Gasteiger charge is -2.38. The van der Waals surface area contributed by atoms with E-state index in [1.807, 2.05) is 0 Å². The maximum Gasteiger partial charge on any atom is 0.416 e. The molecule has 2 aliphatic carbocycles. The molecular weight excluding hydrogens is 527 g/mol. The second-order valence-electron chi connectivity index (χ2n) is 13.7. The molecule has 0 radical (unpaired) electrons. The number of alkyl halides is 3. The second kappa shape index (κ2) is 11.6. The number of hydrogen-bond donors (Lipinski definition) is 1. The summed E-state index contributed by atoms with van der Waals surface area (Å²) in [6.07, 6.45) is 2.76. The van der Waals surface area contributed by atoms with Gasteiger partial charge in [-0.1, -0.05) is 66.0 Å². The first-order valence-electron chi connectivity index (χ1n) is 15.5. The van der Waals surface area contributed by atoms with Gasteiger partial charge in [-0.3, -0.25) is 4.98 Å². The van der Waals surface area contributed by atoms with Gasteiger partial charge in [0.25, 0.3) is 0 Å². The van der Waals surface area contributed by atoms with Crippen molar-refractivity contribution in [1.29, 1.82) is 0 Å². The molecule has 1 aromatic carbocycles. The number of fused-ring (bicyclic) bond motifs is 4. The Morgan fingerprint density at radius 1 is 1.02 bits per heavy atom. The molecule has 1 N–H and O–H groups in total. The first kappa shape index (κ1) is 30.5. The lowest BCUT2D eigenvalue weighted by Crippen LogP contribution is -2.32. The summed E-state index contributed by atoms with van der Waals surface area (Å²) < 4.78 is 52.5. The molecule has 2 aromatic rings. The van der Waals surface area contributed by atoms with Gasteiger partial charge in [0.1, 0.15) is 6.10 Å². The third-order valence-corrected chi connectivity index (χ3v) is 9.54. The predicted octanol–water partition coefficient (Wildman–Crippen LogP) is 8.94. The molecule has 1 aromatic heterocycles. The maximum absolute atomic E-state index is 13.3. The van der Waals surface area contributed by atoms with Crippen LogP contribution in [0, 0.1) is 11.3 Å². The van der Waals surface area contributed by atoms with Crippen LogP contribution < -0.4 is 0 Å². The van der Waals surface area contributed by atoms with E-state index in [1.165, 1.54) is 6.42 Å². The molecule has 2 fully saturated rings. The van der Waals surface area contributed by atoms with Crippen LogP contribution in [0.15, 0.2) is 24.3 Å². The van der Waals surface area contributed by atoms with E-state index < -0.39 is 29.5 Å². The van der Waals surface area contributed by atoms with Crippen LogP contribution in [-0.2, 0) is 27.7 Å². The average molecular weight is 574 g/mol. The van der Waals surface area contributed by atoms with Crippen molar-refractivity contribution in [3.05, 3.63) is 63.5 Å². The highest BCUT2D eigenvalue weighted by Crippen LogP contribution is 2.60. The topological polar surface area (TPSA) is 51.6 Å². The Bertz CT molecular complexity index is 1210. The van der Waals surface area contributed by atoms with Gasteiger partial charge in [-0.2, -0.15) is 13.2 Å². The average Bonchev–Trinajstić information content (AvgIpc) is 3.53. The number of nitrogens with zero attached hydrogens (tertiary/aromatic N) is 1. The Morgan fingerprint density at radius 2 is 1.63 bits per heavy atom. The van der Waals surface area contributed by atoms with Crippen molar-refractivity contribution in [3.63, 3.8) is 0 Å². The monoisotopic (exact) mass is 573 g/mol. The Kier molecular flexibility index (Phi) is 8.64. The van der Waals surface area contributed by atoms with Gasteiger partial charge in [0.05, 0.1) is 23.0 Å². The predicted molar refractivity (Wildman–Crippen MR) is 154 cm³/mol. The van der Waals surface area contributed by atoms with E-state index in [4.69, 9.17) is 14.5 Å². The Labute approximate surface area is 243 Å². The Morgan fingerprint density at radius 3 is 2.20 bits per heavy atom. The van der Waals surface area contributed by atoms with Crippen LogP contribution in [0.3, 0.4) is 0 Å². The minimum atomic E-state index is -4.38. The van der Waals surface area contributed by atoms with E-state index in [2.05, 4.69) is 34.6 Å². The fourth-order valence-corrected chi connectivity index (χ4v) is 7.11. The second-order valence-corrected chi connectivity index (χ2v) is 13.7. The summed E-state index contributed by atoms with van der Waals surface area (Å²) >= 11 is 0. The summed E-state index contributed by atoms with van der Waals surface area (Å²) in [4.78, 5) is 5.27. The molecule has 7 heteroatoms. The van der Waals surface area contributed by atoms with Crippen LogP contribution in [0.2, 0.25) is 0 Å². The molecule has 2 atom stereocenters. The summed E-state index contributed by atoms with van der Waals surface area (Å²) in [7, 11) is 0. The van der Waals surface area contributed by atoms with E-state index in [0.717, 1.165) is 91.1 Å². The molecule has 226 valence electrons. The van der Waals surface area contributed by atoms with E-state index in [9.17, 15) is 18.3 Å². The van der Waals surface area contributed by atoms with Gasteiger partial charge in [-0.25, -0.2) is 0 Å². The zero-order valence-corrected chi connectivity index (χ0v) is 25.2. The quantitative estimate of drug-likeness (QED) is 0.398. The highest BCUT2D eigenvalue weighted by Gasteiger charge is 2.53. The van der Waals surface area contributed by atoms with Crippen LogP contribution in [0.1, 0.15) is 143 Å². The molecule has 1 spiro atoms. The van der Waals surface area contributed by atoms with Gasteiger partial charge in [0.2, 0.25) is 0 Å². The zero-order chi connectivity index (χ0) is 29.6. The van der Waals surface area contributed by atoms with Gasteiger partial charge < -0.3 is 14.6 Å². The number of aliphatic hydroxyl groups excluding tert-OH is 1. The standard InChI is InChI=1S/C29H34F3NO3.C5H12/c1-27(2)15-20-22(21(34)16-27)24-23(25(33-20)17-9-13-35-14-10-17)26(36-28(24)11-3-4-12-28)18-5-7-19(8-6-18)29(30,31)32;1-4-5(2)3/h5-8,17,21,26,34H,3-4,9-16H2,1-2H3;5H,4H2,1-3H3. The van der Waals surface area contributed by atoms with Crippen molar-refractivity contribution in [2.24, 2.45) is 11.3 Å². The molecule has 2 aliphatic heterocycles. The summed E-state index contributed by atoms with van der Waals surface area (Å²) in [5, 5.41) is 11.4. The SMILES string of the molecule is CC1(C)Cc2nc(C3CCOCC3)c3c(c2C(O)C1)C1(CCCC1)OC3c1ccc(C(F)(F)F)cc1.CCC(C)C. The molecule has 3 heterocycles. The first-order valence-corrected chi connectivity index (χ1v) is 15.5. The van der Waals surface area contributed by atoms with Crippen LogP contribution >= 0.6 is 0 Å². The van der Waals surface area contributed by atoms with Crippen molar-refractivity contribution < 1.29 is 27.8 Å². The molecule has 0 amide bonds. The largest absolute Gasteiger partial charge is 0.416 e. The number of rotatable bonds is 3. The molecule has 4 aliphatic rings. The smallest absolute Gasteiger partial charge is 0.388 e. The van der Waals surface area contributed by atoms with Gasteiger partial charge in [-0.05, 0) is 73.1 Å². The highest BCUT2D eigenvalue weighted by atomic mass is 19.4. The lowest BCUT2D eigenvalue weighted by molar-refractivity contribution is -0.137. The normalized spacial score (nSPS) is 25.1. The maximum atomic E-state index is 13.3. The van der Waals surface area contributed by atoms with Crippen LogP contribution in [0.5, 0.6) is 0 Å². The third-order valence-electron chi connectivity index (χ3n) is 9.54. The summed E-state index contributed by atoms with van der Waals surface area (Å²) in [5.41, 5.74) is 4.48. The van der Waals surface area contributed by atoms with Crippen molar-refractivity contribution in [2.75, 3.05) is 13.2 Å². The van der Waals surface area contributed by atoms with Crippen LogP contribution in [0.4, 0.5) is 13.2 Å². The number of aliphatic hydroxyl groups is 1. The van der Waals surface area contributed by atoms with Gasteiger partial charge in [-0.15, -0.1) is 0 Å². The number of pyridine rings is 1. The Balaban J connectivity index is 0.000000623. The molecule has 4 nitrogen and oxygen atoms in total. The number of hydrogen-bond acceptors (Lipinski definition) is 4. The van der Waals surface area contributed by atoms with E-state index >= 15 is 0 Å². The van der Waals surface area contributed by atoms with Crippen molar-refractivity contribution in [2.45, 2.75) is 122 Å². The number of aromatic nitrogens is 1. The fourth-order valence-electron chi connectivity index (χ4n) is 7.11. The van der Waals surface area contributed by atoms with Crippen LogP contribution in [0.25, 0.3) is 0 Å². The number of ether oxygens (including phenoxy) is 2. The molecule has 1 saturated heterocycles. The van der Waals surface area contributed by atoms with Crippen molar-refractivity contribution in [1.82, 2.24) is 4.98 Å². The Hall–Kier alpha value is -1.96. The molecule has 41 heavy (non-hydrogen) atoms. The third kappa shape index (κ3) is 6.09. The highest BCUT2D eigenvalue weighted by molar-refractivity contribution is 5.54. The van der Waals surface area contributed by atoms with E-state index in [0.29, 0.717) is 25.2 Å². The number of benzene rings is 1. The van der Waals surface area contributed by atoms with E-state index in [-0.39, 0.29) is 11.3 Å². The van der Waals surface area contributed by atoms with Crippen molar-refractivity contribution >= 4 is 0 Å². The summed E-state index contributed by atoms with van der Waals surface area (Å²) in [5.74, 6) is 1.09. The fraction of sp³-hybridized carbons (Fsp3) is 0.676. The molecular formula is C34H46F3NO3. The minimum absolute atomic E-state index is 0.0598. The molecule has 2 unspecified atom stereocenters. The lowest BCUT2D eigenvalue weighted by atomic mass is 9.70. The van der Waals surface area contributed by atoms with Gasteiger partial charge >= 0.3 is 6.18 Å². The summed E-state index contributed by atoms with van der Waals surface area (Å²) in [6, 6.07) is 5.40. The molecule has 0 bridgehead atoms. The van der Waals surface area contributed by atoms with Gasteiger partial charge in [0.15, 0.2) is 0 Å². The van der Waals surface area contributed by atoms with Gasteiger partial charge in [0, 0.05) is 36.0 Å². The number of halogens is 3. The van der Waals surface area contributed by atoms with Crippen molar-refractivity contribution in [3.8, 4) is 0 Å². The molecule has 1 saturated carbocycles. The minimum Gasteiger partial charge on any atom is -0.388 e. The first-order chi connectivity index (χ1) is 19.3. The van der Waals surface area contributed by atoms with Crippen LogP contribution in [-0.4, -0.2) is 23.3 Å². The van der Waals surface area contributed by atoms with E-state index in [1.54, 1.807) is 12.1 Å². The molecule has 6 rings (SSSR count). The zero-order valence-electron chi connectivity index (χ0n) is 25.2.